The van der Waals surface area contributed by atoms with Crippen molar-refractivity contribution in [3.05, 3.63) is 29.3 Å². The van der Waals surface area contributed by atoms with Crippen LogP contribution < -0.4 is 10.6 Å². The molecule has 2 rings (SSSR count). The van der Waals surface area contributed by atoms with Crippen LogP contribution in [0.15, 0.2) is 18.2 Å². The van der Waals surface area contributed by atoms with Crippen LogP contribution in [0, 0.1) is 0 Å². The molecule has 1 unspecified atom stereocenters. The van der Waals surface area contributed by atoms with E-state index in [1.807, 2.05) is 0 Å². The van der Waals surface area contributed by atoms with Gasteiger partial charge < -0.3 is 10.6 Å². The lowest BCUT2D eigenvalue weighted by atomic mass is 10.0. The number of fused-ring (bicyclic) bond motifs is 1. The molecule has 2 N–H and O–H groups in total. The van der Waals surface area contributed by atoms with Gasteiger partial charge in [0, 0.05) is 18.3 Å². The summed E-state index contributed by atoms with van der Waals surface area (Å²) in [6, 6.07) is 7.31. The third-order valence-electron chi connectivity index (χ3n) is 3.12. The molecule has 0 aromatic heterocycles. The number of nitrogens with one attached hydrogen (secondary N) is 2. The largest absolute Gasteiger partial charge is 0.383 e. The molecule has 2 nitrogen and oxygen atoms in total. The normalized spacial score (nSPS) is 16.9. The van der Waals surface area contributed by atoms with Crippen LogP contribution in [-0.4, -0.2) is 12.6 Å². The predicted molar refractivity (Wildman–Crippen MR) is 65.2 cm³/mol. The average molecular weight is 204 g/mol. The van der Waals surface area contributed by atoms with Crippen molar-refractivity contribution in [2.75, 3.05) is 11.9 Å². The van der Waals surface area contributed by atoms with Crippen LogP contribution in [0.3, 0.4) is 0 Å². The van der Waals surface area contributed by atoms with Crippen molar-refractivity contribution >= 4 is 5.69 Å². The number of hydrogen-bond acceptors (Lipinski definition) is 2. The fraction of sp³-hybridized carbons (Fsp3) is 0.538. The summed E-state index contributed by atoms with van der Waals surface area (Å²) in [6.07, 6.45) is 2.33. The smallest absolute Gasteiger partial charge is 0.0345 e. The highest BCUT2D eigenvalue weighted by molar-refractivity contribution is 5.49. The van der Waals surface area contributed by atoms with Crippen LogP contribution in [-0.2, 0) is 13.0 Å². The maximum Gasteiger partial charge on any atom is 0.0345 e. The molecule has 1 aliphatic rings. The first-order valence-corrected chi connectivity index (χ1v) is 5.88. The third kappa shape index (κ3) is 2.51. The van der Waals surface area contributed by atoms with Gasteiger partial charge in [0.25, 0.3) is 0 Å². The molecule has 0 spiro atoms. The van der Waals surface area contributed by atoms with Gasteiger partial charge in [-0.15, -0.1) is 0 Å². The monoisotopic (exact) mass is 204 g/mol. The maximum atomic E-state index is 3.51. The van der Waals surface area contributed by atoms with E-state index in [-0.39, 0.29) is 0 Å². The van der Waals surface area contributed by atoms with E-state index < -0.39 is 0 Å². The first kappa shape index (κ1) is 10.5. The fourth-order valence-corrected chi connectivity index (χ4v) is 1.96. The van der Waals surface area contributed by atoms with Gasteiger partial charge in [0.2, 0.25) is 0 Å². The van der Waals surface area contributed by atoms with E-state index in [1.165, 1.54) is 23.2 Å². The topological polar surface area (TPSA) is 24.1 Å². The molecule has 1 atom stereocenters. The zero-order valence-electron chi connectivity index (χ0n) is 9.64. The second kappa shape index (κ2) is 4.67. The molecule has 0 bridgehead atoms. The van der Waals surface area contributed by atoms with Crippen molar-refractivity contribution < 1.29 is 0 Å². The van der Waals surface area contributed by atoms with Gasteiger partial charge in [0.05, 0.1) is 0 Å². The van der Waals surface area contributed by atoms with Crippen molar-refractivity contribution in [2.24, 2.45) is 0 Å². The SMILES string of the molecule is CCC(C)Nc1ccc2c(c1)CNCC2. The van der Waals surface area contributed by atoms with Gasteiger partial charge in [0.15, 0.2) is 0 Å². The van der Waals surface area contributed by atoms with Crippen LogP contribution in [0.25, 0.3) is 0 Å². The summed E-state index contributed by atoms with van der Waals surface area (Å²) in [4.78, 5) is 0. The summed E-state index contributed by atoms with van der Waals surface area (Å²) in [6.45, 7) is 6.56. The average Bonchev–Trinajstić information content (AvgIpc) is 2.29. The molecular weight excluding hydrogens is 184 g/mol. The van der Waals surface area contributed by atoms with E-state index in [9.17, 15) is 0 Å². The molecule has 1 aliphatic heterocycles. The molecule has 0 amide bonds. The minimum atomic E-state index is 0.555. The first-order valence-electron chi connectivity index (χ1n) is 5.88. The second-order valence-corrected chi connectivity index (χ2v) is 4.36. The van der Waals surface area contributed by atoms with Gasteiger partial charge in [-0.2, -0.15) is 0 Å². The third-order valence-corrected chi connectivity index (χ3v) is 3.12. The molecule has 0 aliphatic carbocycles. The molecule has 0 fully saturated rings. The maximum absolute atomic E-state index is 3.51. The van der Waals surface area contributed by atoms with E-state index in [1.54, 1.807) is 0 Å². The quantitative estimate of drug-likeness (QED) is 0.790. The lowest BCUT2D eigenvalue weighted by molar-refractivity contribution is 0.643. The van der Waals surface area contributed by atoms with E-state index in [2.05, 4.69) is 42.7 Å². The molecule has 0 radical (unpaired) electrons. The highest BCUT2D eigenvalue weighted by Crippen LogP contribution is 2.19. The van der Waals surface area contributed by atoms with Gasteiger partial charge >= 0.3 is 0 Å². The number of hydrogen-bond donors (Lipinski definition) is 2. The Morgan fingerprint density at radius 3 is 3.07 bits per heavy atom. The second-order valence-electron chi connectivity index (χ2n) is 4.36. The Hall–Kier alpha value is -1.02. The van der Waals surface area contributed by atoms with Crippen LogP contribution in [0.1, 0.15) is 31.4 Å². The molecule has 0 saturated heterocycles. The summed E-state index contributed by atoms with van der Waals surface area (Å²) in [5.74, 6) is 0. The van der Waals surface area contributed by atoms with Crippen LogP contribution >= 0.6 is 0 Å². The Labute approximate surface area is 92.1 Å². The minimum Gasteiger partial charge on any atom is -0.383 e. The molecule has 15 heavy (non-hydrogen) atoms. The van der Waals surface area contributed by atoms with E-state index in [0.717, 1.165) is 19.5 Å². The number of benzene rings is 1. The highest BCUT2D eigenvalue weighted by Gasteiger charge is 2.09. The standard InChI is InChI=1S/C13H20N2/c1-3-10(2)15-13-5-4-11-6-7-14-9-12(11)8-13/h4-5,8,10,14-15H,3,6-7,9H2,1-2H3. The summed E-state index contributed by atoms with van der Waals surface area (Å²) >= 11 is 0. The van der Waals surface area contributed by atoms with E-state index in [4.69, 9.17) is 0 Å². The van der Waals surface area contributed by atoms with Crippen LogP contribution in [0.5, 0.6) is 0 Å². The Bertz CT molecular complexity index is 333. The summed E-state index contributed by atoms with van der Waals surface area (Å²) in [7, 11) is 0. The summed E-state index contributed by atoms with van der Waals surface area (Å²) in [5, 5.41) is 6.92. The van der Waals surface area contributed by atoms with Gasteiger partial charge in [-0.25, -0.2) is 0 Å². The Morgan fingerprint density at radius 2 is 2.27 bits per heavy atom. The van der Waals surface area contributed by atoms with Gasteiger partial charge in [-0.3, -0.25) is 0 Å². The van der Waals surface area contributed by atoms with Crippen molar-refractivity contribution in [1.82, 2.24) is 5.32 Å². The zero-order valence-corrected chi connectivity index (χ0v) is 9.64. The predicted octanol–water partition coefficient (Wildman–Crippen LogP) is 2.54. The van der Waals surface area contributed by atoms with Gasteiger partial charge in [-0.05, 0) is 49.6 Å². The molecule has 1 aromatic rings. The van der Waals surface area contributed by atoms with Crippen LogP contribution in [0.4, 0.5) is 5.69 Å². The first-order chi connectivity index (χ1) is 7.29. The van der Waals surface area contributed by atoms with Crippen molar-refractivity contribution in [2.45, 2.75) is 39.3 Å². The molecule has 0 saturated carbocycles. The minimum absolute atomic E-state index is 0.555. The van der Waals surface area contributed by atoms with E-state index in [0.29, 0.717) is 6.04 Å². The Morgan fingerprint density at radius 1 is 1.40 bits per heavy atom. The highest BCUT2D eigenvalue weighted by atomic mass is 14.9. The lowest BCUT2D eigenvalue weighted by Crippen LogP contribution is -2.24. The molecule has 1 aromatic carbocycles. The van der Waals surface area contributed by atoms with E-state index >= 15 is 0 Å². The van der Waals surface area contributed by atoms with Gasteiger partial charge in [0.1, 0.15) is 0 Å². The van der Waals surface area contributed by atoms with Crippen molar-refractivity contribution in [3.63, 3.8) is 0 Å². The van der Waals surface area contributed by atoms with Crippen molar-refractivity contribution in [1.29, 1.82) is 0 Å². The van der Waals surface area contributed by atoms with Gasteiger partial charge in [-0.1, -0.05) is 13.0 Å². The molecule has 2 heteroatoms. The number of anilines is 1. The summed E-state index contributed by atoms with van der Waals surface area (Å²) in [5.41, 5.74) is 4.21. The zero-order chi connectivity index (χ0) is 10.7. The Kier molecular flexibility index (Phi) is 3.27. The van der Waals surface area contributed by atoms with Crippen molar-refractivity contribution in [3.8, 4) is 0 Å². The Balaban J connectivity index is 2.13. The fourth-order valence-electron chi connectivity index (χ4n) is 1.96. The lowest BCUT2D eigenvalue weighted by Gasteiger charge is -2.20. The summed E-state index contributed by atoms with van der Waals surface area (Å²) < 4.78 is 0. The number of rotatable bonds is 3. The van der Waals surface area contributed by atoms with Crippen LogP contribution in [0.2, 0.25) is 0 Å². The molecule has 1 heterocycles. The molecule has 82 valence electrons. The molecular formula is C13H20N2.